The molecule has 1 N–H and O–H groups in total. The first-order valence-electron chi connectivity index (χ1n) is 8.49. The number of hydrogen-bond acceptors (Lipinski definition) is 4. The average molecular weight is 407 g/mol. The quantitative estimate of drug-likeness (QED) is 0.384. The minimum atomic E-state index is 0.461. The Balaban J connectivity index is 1.69. The zero-order valence-corrected chi connectivity index (χ0v) is 15.9. The SMILES string of the molecule is Clc1cccc(-c2cnoc2-c2c[nH]c3ncc(-c4cccnc4)cc23)c1Cl. The summed E-state index contributed by atoms with van der Waals surface area (Å²) in [6.45, 7) is 0. The van der Waals surface area contributed by atoms with E-state index in [0.717, 1.165) is 38.9 Å². The van der Waals surface area contributed by atoms with Crippen molar-refractivity contribution in [3.63, 3.8) is 0 Å². The summed E-state index contributed by atoms with van der Waals surface area (Å²) in [4.78, 5) is 11.9. The molecule has 0 aliphatic rings. The first-order chi connectivity index (χ1) is 13.7. The lowest BCUT2D eigenvalue weighted by molar-refractivity contribution is 0.433. The Bertz CT molecular complexity index is 1290. The van der Waals surface area contributed by atoms with Gasteiger partial charge in [0.25, 0.3) is 0 Å². The molecular formula is C21H12Cl2N4O. The van der Waals surface area contributed by atoms with Gasteiger partial charge in [-0.05, 0) is 18.2 Å². The summed E-state index contributed by atoms with van der Waals surface area (Å²) in [5, 5.41) is 5.84. The molecule has 5 rings (SSSR count). The number of rotatable bonds is 3. The fourth-order valence-electron chi connectivity index (χ4n) is 3.22. The van der Waals surface area contributed by atoms with Gasteiger partial charge < -0.3 is 9.51 Å². The second-order valence-electron chi connectivity index (χ2n) is 6.23. The van der Waals surface area contributed by atoms with E-state index in [4.69, 9.17) is 27.7 Å². The van der Waals surface area contributed by atoms with Gasteiger partial charge in [0.2, 0.25) is 0 Å². The molecule has 0 spiro atoms. The van der Waals surface area contributed by atoms with Gasteiger partial charge in [-0.15, -0.1) is 0 Å². The number of aromatic nitrogens is 4. The number of aromatic amines is 1. The summed E-state index contributed by atoms with van der Waals surface area (Å²) < 4.78 is 5.60. The van der Waals surface area contributed by atoms with E-state index in [1.54, 1.807) is 24.7 Å². The van der Waals surface area contributed by atoms with Crippen LogP contribution in [-0.2, 0) is 0 Å². The van der Waals surface area contributed by atoms with Crippen LogP contribution >= 0.6 is 23.2 Å². The number of hydrogen-bond donors (Lipinski definition) is 1. The predicted octanol–water partition coefficient (Wildman–Crippen LogP) is 6.25. The van der Waals surface area contributed by atoms with Gasteiger partial charge in [-0.2, -0.15) is 0 Å². The molecule has 7 heteroatoms. The minimum Gasteiger partial charge on any atom is -0.356 e. The standard InChI is InChI=1S/C21H12Cl2N4O/c22-18-5-1-4-14(19(18)23)17-11-27-28-20(17)16-10-26-21-15(16)7-13(9-25-21)12-3-2-6-24-8-12/h1-11H,(H,25,26). The normalized spacial score (nSPS) is 11.2. The maximum Gasteiger partial charge on any atom is 0.176 e. The Morgan fingerprint density at radius 1 is 0.893 bits per heavy atom. The number of pyridine rings is 2. The average Bonchev–Trinajstić information content (AvgIpc) is 3.37. The number of halogens is 2. The Hall–Kier alpha value is -3.15. The maximum atomic E-state index is 6.41. The predicted molar refractivity (Wildman–Crippen MR) is 110 cm³/mol. The molecule has 28 heavy (non-hydrogen) atoms. The molecule has 1 aromatic carbocycles. The lowest BCUT2D eigenvalue weighted by atomic mass is 10.0. The van der Waals surface area contributed by atoms with Crippen LogP contribution in [0, 0.1) is 0 Å². The Morgan fingerprint density at radius 2 is 1.82 bits per heavy atom. The summed E-state index contributed by atoms with van der Waals surface area (Å²) in [5.41, 5.74) is 5.07. The van der Waals surface area contributed by atoms with Gasteiger partial charge in [0.15, 0.2) is 5.76 Å². The molecule has 0 aliphatic heterocycles. The van der Waals surface area contributed by atoms with Crippen LogP contribution < -0.4 is 0 Å². The van der Waals surface area contributed by atoms with Gasteiger partial charge in [-0.25, -0.2) is 4.98 Å². The van der Waals surface area contributed by atoms with Crippen molar-refractivity contribution < 1.29 is 4.52 Å². The second-order valence-corrected chi connectivity index (χ2v) is 7.02. The summed E-state index contributed by atoms with van der Waals surface area (Å²) in [5.74, 6) is 0.598. The molecule has 136 valence electrons. The lowest BCUT2D eigenvalue weighted by Crippen LogP contribution is -1.84. The van der Waals surface area contributed by atoms with Gasteiger partial charge in [-0.1, -0.05) is 46.6 Å². The number of nitrogens with zero attached hydrogens (tertiary/aromatic N) is 3. The van der Waals surface area contributed by atoms with Crippen molar-refractivity contribution in [2.24, 2.45) is 0 Å². The number of nitrogens with one attached hydrogen (secondary N) is 1. The summed E-state index contributed by atoms with van der Waals surface area (Å²) in [7, 11) is 0. The molecule has 0 amide bonds. The van der Waals surface area contributed by atoms with E-state index in [0.29, 0.717) is 15.8 Å². The molecule has 5 aromatic rings. The lowest BCUT2D eigenvalue weighted by Gasteiger charge is -2.05. The fourth-order valence-corrected chi connectivity index (χ4v) is 3.62. The molecule has 5 nitrogen and oxygen atoms in total. The van der Waals surface area contributed by atoms with Crippen molar-refractivity contribution in [1.82, 2.24) is 20.1 Å². The van der Waals surface area contributed by atoms with Crippen LogP contribution in [0.2, 0.25) is 10.0 Å². The number of H-pyrrole nitrogens is 1. The molecular weight excluding hydrogens is 395 g/mol. The third kappa shape index (κ3) is 2.76. The number of benzene rings is 1. The van der Waals surface area contributed by atoms with Crippen LogP contribution in [0.15, 0.2) is 71.9 Å². The molecule has 0 saturated heterocycles. The largest absolute Gasteiger partial charge is 0.356 e. The Labute approximate surface area is 170 Å². The monoisotopic (exact) mass is 406 g/mol. The summed E-state index contributed by atoms with van der Waals surface area (Å²) >= 11 is 12.6. The van der Waals surface area contributed by atoms with Crippen LogP contribution in [0.5, 0.6) is 0 Å². The highest BCUT2D eigenvalue weighted by Crippen LogP contribution is 2.41. The topological polar surface area (TPSA) is 67.6 Å². The minimum absolute atomic E-state index is 0.461. The van der Waals surface area contributed by atoms with E-state index >= 15 is 0 Å². The van der Waals surface area contributed by atoms with Gasteiger partial charge in [0, 0.05) is 52.4 Å². The molecule has 0 aliphatic carbocycles. The summed E-state index contributed by atoms with van der Waals surface area (Å²) in [6.07, 6.45) is 8.86. The smallest absolute Gasteiger partial charge is 0.176 e. The third-order valence-corrected chi connectivity index (χ3v) is 5.40. The van der Waals surface area contributed by atoms with Gasteiger partial charge >= 0.3 is 0 Å². The molecule has 0 atom stereocenters. The molecule has 0 radical (unpaired) electrons. The highest BCUT2D eigenvalue weighted by molar-refractivity contribution is 6.43. The second kappa shape index (κ2) is 6.78. The Morgan fingerprint density at radius 3 is 2.68 bits per heavy atom. The third-order valence-electron chi connectivity index (χ3n) is 4.58. The first-order valence-corrected chi connectivity index (χ1v) is 9.25. The molecule has 0 fully saturated rings. The fraction of sp³-hybridized carbons (Fsp3) is 0. The van der Waals surface area contributed by atoms with E-state index in [9.17, 15) is 0 Å². The highest BCUT2D eigenvalue weighted by Gasteiger charge is 2.20. The van der Waals surface area contributed by atoms with Crippen LogP contribution in [0.3, 0.4) is 0 Å². The molecule has 0 unspecified atom stereocenters. The molecule has 4 aromatic heterocycles. The van der Waals surface area contributed by atoms with Crippen LogP contribution in [-0.4, -0.2) is 20.1 Å². The molecule has 4 heterocycles. The van der Waals surface area contributed by atoms with Gasteiger partial charge in [0.1, 0.15) is 5.65 Å². The van der Waals surface area contributed by atoms with Crippen LogP contribution in [0.25, 0.3) is 44.6 Å². The molecule has 0 bridgehead atoms. The zero-order valence-electron chi connectivity index (χ0n) is 14.4. The highest BCUT2D eigenvalue weighted by atomic mass is 35.5. The Kier molecular flexibility index (Phi) is 4.11. The van der Waals surface area contributed by atoms with Crippen molar-refractivity contribution in [2.45, 2.75) is 0 Å². The van der Waals surface area contributed by atoms with Crippen molar-refractivity contribution in [1.29, 1.82) is 0 Å². The van der Waals surface area contributed by atoms with Crippen LogP contribution in [0.4, 0.5) is 0 Å². The van der Waals surface area contributed by atoms with E-state index in [-0.39, 0.29) is 0 Å². The first kappa shape index (κ1) is 17.0. The van der Waals surface area contributed by atoms with Gasteiger partial charge in [0.05, 0.1) is 21.8 Å². The van der Waals surface area contributed by atoms with E-state index in [1.165, 1.54) is 0 Å². The number of fused-ring (bicyclic) bond motifs is 1. The van der Waals surface area contributed by atoms with E-state index in [2.05, 4.69) is 26.2 Å². The summed E-state index contributed by atoms with van der Waals surface area (Å²) in [6, 6.07) is 11.4. The van der Waals surface area contributed by atoms with Crippen LogP contribution in [0.1, 0.15) is 0 Å². The maximum absolute atomic E-state index is 6.41. The van der Waals surface area contributed by atoms with Crippen molar-refractivity contribution in [3.05, 3.63) is 77.4 Å². The zero-order chi connectivity index (χ0) is 19.1. The molecule has 0 saturated carbocycles. The van der Waals surface area contributed by atoms with Gasteiger partial charge in [-0.3, -0.25) is 4.98 Å². The van der Waals surface area contributed by atoms with E-state index in [1.807, 2.05) is 36.7 Å². The van der Waals surface area contributed by atoms with Crippen molar-refractivity contribution in [2.75, 3.05) is 0 Å². The van der Waals surface area contributed by atoms with Crippen molar-refractivity contribution >= 4 is 34.2 Å². The van der Waals surface area contributed by atoms with Crippen molar-refractivity contribution in [3.8, 4) is 33.6 Å². The van der Waals surface area contributed by atoms with E-state index < -0.39 is 0 Å².